The van der Waals surface area contributed by atoms with Crippen molar-refractivity contribution in [3.8, 4) is 0 Å². The molecule has 1 saturated carbocycles. The van der Waals surface area contributed by atoms with Gasteiger partial charge in [-0.05, 0) is 38.8 Å². The molecular weight excluding hydrogens is 162 g/mol. The Morgan fingerprint density at radius 3 is 2.62 bits per heavy atom. The standard InChI is InChI=1S/C11H23NO/c1-5-12(3)10-8-9(2)6-7-11(10)13-4/h9-11H,5-8H2,1-4H3. The van der Waals surface area contributed by atoms with E-state index in [1.165, 1.54) is 19.3 Å². The summed E-state index contributed by atoms with van der Waals surface area (Å²) in [6, 6.07) is 0.638. The van der Waals surface area contributed by atoms with Gasteiger partial charge in [-0.2, -0.15) is 0 Å². The van der Waals surface area contributed by atoms with E-state index in [9.17, 15) is 0 Å². The Kier molecular flexibility index (Phi) is 4.20. The molecule has 0 bridgehead atoms. The molecule has 3 atom stereocenters. The molecule has 3 unspecified atom stereocenters. The van der Waals surface area contributed by atoms with Crippen molar-refractivity contribution in [1.82, 2.24) is 4.90 Å². The minimum atomic E-state index is 0.459. The van der Waals surface area contributed by atoms with Crippen molar-refractivity contribution in [3.63, 3.8) is 0 Å². The maximum atomic E-state index is 5.53. The molecule has 13 heavy (non-hydrogen) atoms. The maximum absolute atomic E-state index is 5.53. The van der Waals surface area contributed by atoms with Crippen LogP contribution in [0.25, 0.3) is 0 Å². The largest absolute Gasteiger partial charge is 0.380 e. The first-order valence-corrected chi connectivity index (χ1v) is 5.42. The normalized spacial score (nSPS) is 35.3. The van der Waals surface area contributed by atoms with E-state index >= 15 is 0 Å². The summed E-state index contributed by atoms with van der Waals surface area (Å²) >= 11 is 0. The molecule has 0 saturated heterocycles. The second-order valence-electron chi connectivity index (χ2n) is 4.33. The summed E-state index contributed by atoms with van der Waals surface area (Å²) in [6.07, 6.45) is 4.31. The van der Waals surface area contributed by atoms with Crippen molar-refractivity contribution in [1.29, 1.82) is 0 Å². The molecule has 0 amide bonds. The molecule has 0 aromatic heterocycles. The molecule has 0 N–H and O–H groups in total. The van der Waals surface area contributed by atoms with Crippen LogP contribution < -0.4 is 0 Å². The number of methoxy groups -OCH3 is 1. The van der Waals surface area contributed by atoms with Crippen LogP contribution in [0.1, 0.15) is 33.1 Å². The molecule has 1 aliphatic carbocycles. The van der Waals surface area contributed by atoms with Gasteiger partial charge in [0.2, 0.25) is 0 Å². The first kappa shape index (κ1) is 11.0. The lowest BCUT2D eigenvalue weighted by atomic mass is 9.84. The fourth-order valence-electron chi connectivity index (χ4n) is 2.30. The summed E-state index contributed by atoms with van der Waals surface area (Å²) in [5.74, 6) is 0.866. The summed E-state index contributed by atoms with van der Waals surface area (Å²) in [5.41, 5.74) is 0. The van der Waals surface area contributed by atoms with E-state index in [1.54, 1.807) is 0 Å². The van der Waals surface area contributed by atoms with Crippen molar-refractivity contribution in [2.75, 3.05) is 20.7 Å². The lowest BCUT2D eigenvalue weighted by molar-refractivity contribution is -0.0122. The molecule has 2 heteroatoms. The van der Waals surface area contributed by atoms with Gasteiger partial charge in [-0.3, -0.25) is 0 Å². The predicted molar refractivity (Wildman–Crippen MR) is 55.9 cm³/mol. The molecule has 1 fully saturated rings. The van der Waals surface area contributed by atoms with Gasteiger partial charge in [0.15, 0.2) is 0 Å². The Hall–Kier alpha value is -0.0800. The van der Waals surface area contributed by atoms with Crippen LogP contribution in [-0.2, 0) is 4.74 Å². The van der Waals surface area contributed by atoms with Gasteiger partial charge in [0.25, 0.3) is 0 Å². The van der Waals surface area contributed by atoms with Crippen LogP contribution >= 0.6 is 0 Å². The average Bonchev–Trinajstić information content (AvgIpc) is 2.16. The monoisotopic (exact) mass is 185 g/mol. The first-order valence-electron chi connectivity index (χ1n) is 5.42. The van der Waals surface area contributed by atoms with Crippen molar-refractivity contribution in [3.05, 3.63) is 0 Å². The molecular formula is C11H23NO. The predicted octanol–water partition coefficient (Wildman–Crippen LogP) is 2.14. The minimum Gasteiger partial charge on any atom is -0.380 e. The number of ether oxygens (including phenoxy) is 1. The molecule has 0 heterocycles. The van der Waals surface area contributed by atoms with E-state index in [0.29, 0.717) is 12.1 Å². The average molecular weight is 185 g/mol. The first-order chi connectivity index (χ1) is 6.19. The lowest BCUT2D eigenvalue weighted by Crippen LogP contribution is -2.45. The van der Waals surface area contributed by atoms with Crippen molar-refractivity contribution in [2.45, 2.75) is 45.3 Å². The highest BCUT2D eigenvalue weighted by atomic mass is 16.5. The van der Waals surface area contributed by atoms with Crippen LogP contribution in [0.2, 0.25) is 0 Å². The number of hydrogen-bond donors (Lipinski definition) is 0. The zero-order valence-electron chi connectivity index (χ0n) is 9.42. The molecule has 0 aromatic rings. The van der Waals surface area contributed by atoms with Gasteiger partial charge in [-0.25, -0.2) is 0 Å². The van der Waals surface area contributed by atoms with Gasteiger partial charge in [0.05, 0.1) is 6.10 Å². The Labute approximate surface area is 82.3 Å². The summed E-state index contributed by atoms with van der Waals surface area (Å²) < 4.78 is 5.53. The van der Waals surface area contributed by atoms with Crippen LogP contribution in [0.4, 0.5) is 0 Å². The van der Waals surface area contributed by atoms with Crippen molar-refractivity contribution in [2.24, 2.45) is 5.92 Å². The molecule has 0 aromatic carbocycles. The molecule has 0 spiro atoms. The van der Waals surface area contributed by atoms with E-state index in [1.807, 2.05) is 7.11 Å². The van der Waals surface area contributed by atoms with Gasteiger partial charge in [0, 0.05) is 13.2 Å². The van der Waals surface area contributed by atoms with Crippen LogP contribution in [0.15, 0.2) is 0 Å². The van der Waals surface area contributed by atoms with E-state index in [-0.39, 0.29) is 0 Å². The molecule has 1 rings (SSSR count). The third-order valence-corrected chi connectivity index (χ3v) is 3.38. The fraction of sp³-hybridized carbons (Fsp3) is 1.00. The van der Waals surface area contributed by atoms with E-state index < -0.39 is 0 Å². The van der Waals surface area contributed by atoms with Gasteiger partial charge < -0.3 is 9.64 Å². The van der Waals surface area contributed by atoms with Crippen molar-refractivity contribution < 1.29 is 4.74 Å². The summed E-state index contributed by atoms with van der Waals surface area (Å²) in [7, 11) is 4.05. The number of likely N-dealkylation sites (N-methyl/N-ethyl adjacent to an activating group) is 1. The van der Waals surface area contributed by atoms with Crippen molar-refractivity contribution >= 4 is 0 Å². The third-order valence-electron chi connectivity index (χ3n) is 3.38. The van der Waals surface area contributed by atoms with E-state index in [4.69, 9.17) is 4.74 Å². The maximum Gasteiger partial charge on any atom is 0.0726 e. The van der Waals surface area contributed by atoms with Crippen LogP contribution in [0.5, 0.6) is 0 Å². The quantitative estimate of drug-likeness (QED) is 0.668. The fourth-order valence-corrected chi connectivity index (χ4v) is 2.30. The van der Waals surface area contributed by atoms with Crippen LogP contribution in [-0.4, -0.2) is 37.7 Å². The van der Waals surface area contributed by atoms with Crippen LogP contribution in [0.3, 0.4) is 0 Å². The van der Waals surface area contributed by atoms with Gasteiger partial charge in [-0.1, -0.05) is 13.8 Å². The zero-order valence-corrected chi connectivity index (χ0v) is 9.42. The second kappa shape index (κ2) is 4.97. The van der Waals surface area contributed by atoms with E-state index in [2.05, 4.69) is 25.8 Å². The highest BCUT2D eigenvalue weighted by molar-refractivity contribution is 4.84. The topological polar surface area (TPSA) is 12.5 Å². The Morgan fingerprint density at radius 2 is 2.08 bits per heavy atom. The third kappa shape index (κ3) is 2.68. The molecule has 0 radical (unpaired) electrons. The SMILES string of the molecule is CCN(C)C1CC(C)CCC1OC. The van der Waals surface area contributed by atoms with E-state index in [0.717, 1.165) is 12.5 Å². The molecule has 78 valence electrons. The Balaban J connectivity index is 2.54. The highest BCUT2D eigenvalue weighted by Gasteiger charge is 2.30. The Bertz CT molecular complexity index is 149. The minimum absolute atomic E-state index is 0.459. The van der Waals surface area contributed by atoms with Gasteiger partial charge >= 0.3 is 0 Å². The smallest absolute Gasteiger partial charge is 0.0726 e. The summed E-state index contributed by atoms with van der Waals surface area (Å²) in [5, 5.41) is 0. The highest BCUT2D eigenvalue weighted by Crippen LogP contribution is 2.28. The molecule has 1 aliphatic rings. The number of rotatable bonds is 3. The van der Waals surface area contributed by atoms with Gasteiger partial charge in [-0.15, -0.1) is 0 Å². The second-order valence-corrected chi connectivity index (χ2v) is 4.33. The lowest BCUT2D eigenvalue weighted by Gasteiger charge is -2.39. The zero-order chi connectivity index (χ0) is 9.84. The van der Waals surface area contributed by atoms with Crippen LogP contribution in [0, 0.1) is 5.92 Å². The molecule has 2 nitrogen and oxygen atoms in total. The molecule has 0 aliphatic heterocycles. The number of hydrogen-bond acceptors (Lipinski definition) is 2. The number of nitrogens with zero attached hydrogens (tertiary/aromatic N) is 1. The summed E-state index contributed by atoms with van der Waals surface area (Å²) in [4.78, 5) is 2.42. The summed E-state index contributed by atoms with van der Waals surface area (Å²) in [6.45, 7) is 5.69. The Morgan fingerprint density at radius 1 is 1.38 bits per heavy atom. The van der Waals surface area contributed by atoms with Gasteiger partial charge in [0.1, 0.15) is 0 Å².